The third kappa shape index (κ3) is 14.0. The Morgan fingerprint density at radius 2 is 1.36 bits per heavy atom. The molecule has 0 spiro atoms. The van der Waals surface area contributed by atoms with Gasteiger partial charge in [0.1, 0.15) is 0 Å². The van der Waals surface area contributed by atoms with Crippen molar-refractivity contribution in [1.82, 2.24) is 0 Å². The molecular formula is C17H29F3O2. The van der Waals surface area contributed by atoms with E-state index in [0.717, 1.165) is 19.3 Å². The zero-order valence-electron chi connectivity index (χ0n) is 13.8. The molecule has 0 aliphatic heterocycles. The summed E-state index contributed by atoms with van der Waals surface area (Å²) >= 11 is 0. The highest BCUT2D eigenvalue weighted by Gasteiger charge is 2.34. The maximum atomic E-state index is 11.9. The topological polar surface area (TPSA) is 26.3 Å². The van der Waals surface area contributed by atoms with Crippen molar-refractivity contribution < 1.29 is 22.7 Å². The highest BCUT2D eigenvalue weighted by atomic mass is 19.4. The standard InChI is InChI=1S/C17H29F3O2/c1-3-4-5-6-7-8-9-10-11-12-13-14-15(2)16(21)22-17(18,19)20/h14H,3-13H2,1-2H3. The van der Waals surface area contributed by atoms with Crippen molar-refractivity contribution in [3.8, 4) is 0 Å². The van der Waals surface area contributed by atoms with Crippen LogP contribution >= 0.6 is 0 Å². The van der Waals surface area contributed by atoms with Crippen molar-refractivity contribution in [2.75, 3.05) is 0 Å². The smallest absolute Gasteiger partial charge is 0.369 e. The molecule has 0 saturated carbocycles. The fourth-order valence-electron chi connectivity index (χ4n) is 2.22. The van der Waals surface area contributed by atoms with Gasteiger partial charge in [-0.05, 0) is 19.8 Å². The van der Waals surface area contributed by atoms with Gasteiger partial charge in [-0.25, -0.2) is 4.79 Å². The zero-order valence-corrected chi connectivity index (χ0v) is 13.8. The maximum absolute atomic E-state index is 11.9. The van der Waals surface area contributed by atoms with Crippen LogP contribution < -0.4 is 0 Å². The molecule has 0 bridgehead atoms. The van der Waals surface area contributed by atoms with Crippen LogP contribution in [0.3, 0.4) is 0 Å². The molecule has 0 aliphatic carbocycles. The molecule has 130 valence electrons. The highest BCUT2D eigenvalue weighted by molar-refractivity contribution is 5.87. The van der Waals surface area contributed by atoms with Gasteiger partial charge in [0.15, 0.2) is 0 Å². The lowest BCUT2D eigenvalue weighted by Crippen LogP contribution is -2.19. The van der Waals surface area contributed by atoms with Crippen LogP contribution in [0.5, 0.6) is 0 Å². The lowest BCUT2D eigenvalue weighted by atomic mass is 10.1. The van der Waals surface area contributed by atoms with E-state index in [4.69, 9.17) is 0 Å². The van der Waals surface area contributed by atoms with Crippen molar-refractivity contribution in [3.63, 3.8) is 0 Å². The number of hydrogen-bond donors (Lipinski definition) is 0. The molecule has 0 saturated heterocycles. The van der Waals surface area contributed by atoms with Gasteiger partial charge in [0.2, 0.25) is 0 Å². The van der Waals surface area contributed by atoms with Crippen LogP contribution in [0, 0.1) is 0 Å². The van der Waals surface area contributed by atoms with E-state index < -0.39 is 12.3 Å². The predicted molar refractivity (Wildman–Crippen MR) is 82.4 cm³/mol. The average Bonchev–Trinajstić information content (AvgIpc) is 2.42. The minimum Gasteiger partial charge on any atom is -0.369 e. The van der Waals surface area contributed by atoms with Crippen LogP contribution in [0.25, 0.3) is 0 Å². The number of allylic oxidation sites excluding steroid dienone is 1. The van der Waals surface area contributed by atoms with Gasteiger partial charge in [-0.3, -0.25) is 0 Å². The normalized spacial score (nSPS) is 12.5. The Kier molecular flexibility index (Phi) is 12.0. The summed E-state index contributed by atoms with van der Waals surface area (Å²) in [5.41, 5.74) is 0.0215. The summed E-state index contributed by atoms with van der Waals surface area (Å²) in [4.78, 5) is 11.1. The molecule has 0 aliphatic rings. The summed E-state index contributed by atoms with van der Waals surface area (Å²) in [6.07, 6.45) is 9.34. The van der Waals surface area contributed by atoms with Crippen molar-refractivity contribution in [1.29, 1.82) is 0 Å². The van der Waals surface area contributed by atoms with E-state index in [0.29, 0.717) is 6.42 Å². The lowest BCUT2D eigenvalue weighted by Gasteiger charge is -2.07. The van der Waals surface area contributed by atoms with Crippen molar-refractivity contribution in [2.24, 2.45) is 0 Å². The molecule has 5 heteroatoms. The molecule has 0 N–H and O–H groups in total. The molecule has 0 radical (unpaired) electrons. The molecule has 0 aromatic rings. The number of rotatable bonds is 12. The third-order valence-electron chi connectivity index (χ3n) is 3.54. The summed E-state index contributed by atoms with van der Waals surface area (Å²) in [6, 6.07) is 0. The molecule has 0 amide bonds. The molecule has 22 heavy (non-hydrogen) atoms. The summed E-state index contributed by atoms with van der Waals surface area (Å²) in [5.74, 6) is -1.31. The second kappa shape index (κ2) is 12.5. The molecule has 0 rings (SSSR count). The van der Waals surface area contributed by atoms with E-state index in [1.165, 1.54) is 57.9 Å². The van der Waals surface area contributed by atoms with Gasteiger partial charge in [0.25, 0.3) is 0 Å². The molecule has 0 aromatic heterocycles. The first-order valence-corrected chi connectivity index (χ1v) is 8.33. The quantitative estimate of drug-likeness (QED) is 0.239. The highest BCUT2D eigenvalue weighted by Crippen LogP contribution is 2.18. The van der Waals surface area contributed by atoms with Crippen LogP contribution in [-0.2, 0) is 9.53 Å². The summed E-state index contributed by atoms with van der Waals surface area (Å²) in [5, 5.41) is 0. The largest absolute Gasteiger partial charge is 0.575 e. The monoisotopic (exact) mass is 322 g/mol. The number of alkyl halides is 3. The average molecular weight is 322 g/mol. The first-order chi connectivity index (χ1) is 10.4. The Hall–Kier alpha value is -1.00. The summed E-state index contributed by atoms with van der Waals surface area (Å²) in [6.45, 7) is 3.56. The molecule has 0 atom stereocenters. The number of esters is 1. The van der Waals surface area contributed by atoms with Gasteiger partial charge < -0.3 is 4.74 Å². The Morgan fingerprint density at radius 1 is 0.909 bits per heavy atom. The van der Waals surface area contributed by atoms with Crippen LogP contribution in [-0.4, -0.2) is 12.3 Å². The van der Waals surface area contributed by atoms with E-state index in [2.05, 4.69) is 11.7 Å². The fraction of sp³-hybridized carbons (Fsp3) is 0.824. The van der Waals surface area contributed by atoms with Crippen LogP contribution in [0.4, 0.5) is 13.2 Å². The van der Waals surface area contributed by atoms with E-state index in [-0.39, 0.29) is 5.57 Å². The minimum atomic E-state index is -4.90. The minimum absolute atomic E-state index is 0.0215. The number of halogens is 3. The number of carbonyl (C=O) groups excluding carboxylic acids is 1. The van der Waals surface area contributed by atoms with E-state index in [1.807, 2.05) is 0 Å². The number of hydrogen-bond acceptors (Lipinski definition) is 2. The van der Waals surface area contributed by atoms with Gasteiger partial charge >= 0.3 is 12.3 Å². The van der Waals surface area contributed by atoms with Crippen molar-refractivity contribution in [2.45, 2.75) is 90.8 Å². The summed E-state index contributed by atoms with van der Waals surface area (Å²) in [7, 11) is 0. The third-order valence-corrected chi connectivity index (χ3v) is 3.54. The van der Waals surface area contributed by atoms with Crippen molar-refractivity contribution >= 4 is 5.97 Å². The van der Waals surface area contributed by atoms with Crippen LogP contribution in [0.1, 0.15) is 84.5 Å². The first kappa shape index (κ1) is 21.0. The van der Waals surface area contributed by atoms with E-state index in [9.17, 15) is 18.0 Å². The molecule has 0 unspecified atom stereocenters. The van der Waals surface area contributed by atoms with Crippen LogP contribution in [0.2, 0.25) is 0 Å². The van der Waals surface area contributed by atoms with E-state index in [1.54, 1.807) is 0 Å². The number of carbonyl (C=O) groups is 1. The maximum Gasteiger partial charge on any atom is 0.575 e. The molecular weight excluding hydrogens is 293 g/mol. The van der Waals surface area contributed by atoms with Gasteiger partial charge in [-0.2, -0.15) is 0 Å². The molecule has 2 nitrogen and oxygen atoms in total. The second-order valence-electron chi connectivity index (χ2n) is 5.69. The number of unbranched alkanes of at least 4 members (excludes halogenated alkanes) is 10. The summed E-state index contributed by atoms with van der Waals surface area (Å²) < 4.78 is 38.9. The zero-order chi connectivity index (χ0) is 16.8. The Labute approximate surface area is 132 Å². The Bertz CT molecular complexity index is 322. The van der Waals surface area contributed by atoms with Gasteiger partial charge in [0.05, 0.1) is 0 Å². The van der Waals surface area contributed by atoms with Gasteiger partial charge in [-0.15, -0.1) is 13.2 Å². The number of ether oxygens (including phenoxy) is 1. The lowest BCUT2D eigenvalue weighted by molar-refractivity contribution is -0.303. The first-order valence-electron chi connectivity index (χ1n) is 8.33. The molecule has 0 aromatic carbocycles. The fourth-order valence-corrected chi connectivity index (χ4v) is 2.22. The Morgan fingerprint density at radius 3 is 1.82 bits per heavy atom. The van der Waals surface area contributed by atoms with Gasteiger partial charge in [-0.1, -0.05) is 70.8 Å². The Balaban J connectivity index is 3.51. The predicted octanol–water partition coefficient (Wildman–Crippen LogP) is 6.31. The van der Waals surface area contributed by atoms with E-state index >= 15 is 0 Å². The molecule has 0 heterocycles. The van der Waals surface area contributed by atoms with Crippen molar-refractivity contribution in [3.05, 3.63) is 11.6 Å². The van der Waals surface area contributed by atoms with Crippen LogP contribution in [0.15, 0.2) is 11.6 Å². The molecule has 0 fully saturated rings. The second-order valence-corrected chi connectivity index (χ2v) is 5.69. The SMILES string of the molecule is CCCCCCCCCCCCC=C(C)C(=O)OC(F)(F)F. The van der Waals surface area contributed by atoms with Gasteiger partial charge in [0, 0.05) is 5.57 Å².